The van der Waals surface area contributed by atoms with E-state index in [-0.39, 0.29) is 6.61 Å². The molecule has 3 heteroatoms. The first-order valence-electron chi connectivity index (χ1n) is 6.19. The molecule has 94 valence electrons. The first-order chi connectivity index (χ1) is 7.26. The maximum absolute atomic E-state index is 9.04. The van der Waals surface area contributed by atoms with Gasteiger partial charge >= 0.3 is 0 Å². The number of aliphatic hydroxyl groups excluding tert-OH is 1. The van der Waals surface area contributed by atoms with E-state index in [4.69, 9.17) is 9.53 Å². The number of allylic oxidation sites excluding steroid dienone is 1. The van der Waals surface area contributed by atoms with E-state index < -0.39 is 8.32 Å². The lowest BCUT2D eigenvalue weighted by Crippen LogP contribution is -2.41. The van der Waals surface area contributed by atoms with Crippen LogP contribution in [0.5, 0.6) is 0 Å². The van der Waals surface area contributed by atoms with Gasteiger partial charge in [0, 0.05) is 6.61 Å². The maximum atomic E-state index is 9.04. The van der Waals surface area contributed by atoms with Crippen LogP contribution in [-0.4, -0.2) is 26.6 Å². The maximum Gasteiger partial charge on any atom is 0.191 e. The van der Waals surface area contributed by atoms with Crippen molar-refractivity contribution in [1.29, 1.82) is 0 Å². The molecule has 0 aromatic rings. The van der Waals surface area contributed by atoms with Gasteiger partial charge in [0.25, 0.3) is 0 Å². The Morgan fingerprint density at radius 3 is 2.50 bits per heavy atom. The fourth-order valence-corrected chi connectivity index (χ4v) is 2.75. The predicted octanol–water partition coefficient (Wildman–Crippen LogP) is 3.34. The summed E-state index contributed by atoms with van der Waals surface area (Å²) in [5, 5.41) is 9.33. The predicted molar refractivity (Wildman–Crippen MR) is 71.0 cm³/mol. The standard InChI is InChI=1S/C13H26O2Si/c1-13(2,3)16(4,5)15-10-12-7-6-11(8-12)9-14/h6,12,14H,7-10H2,1-5H3. The van der Waals surface area contributed by atoms with Gasteiger partial charge in [0.2, 0.25) is 0 Å². The SMILES string of the molecule is CC(C)(C)[Si](C)(C)OCC1CC=C(CO)C1. The molecule has 1 unspecified atom stereocenters. The molecule has 0 aliphatic heterocycles. The van der Waals surface area contributed by atoms with Crippen LogP contribution in [0, 0.1) is 5.92 Å². The van der Waals surface area contributed by atoms with Gasteiger partial charge in [-0.15, -0.1) is 0 Å². The lowest BCUT2D eigenvalue weighted by molar-refractivity contribution is 0.230. The fraction of sp³-hybridized carbons (Fsp3) is 0.846. The summed E-state index contributed by atoms with van der Waals surface area (Å²) in [6, 6.07) is 0. The van der Waals surface area contributed by atoms with E-state index in [9.17, 15) is 0 Å². The Balaban J connectivity index is 2.37. The molecule has 1 aliphatic carbocycles. The van der Waals surface area contributed by atoms with Crippen molar-refractivity contribution < 1.29 is 9.53 Å². The summed E-state index contributed by atoms with van der Waals surface area (Å²) in [7, 11) is -1.59. The van der Waals surface area contributed by atoms with Crippen LogP contribution in [0.1, 0.15) is 33.6 Å². The van der Waals surface area contributed by atoms with Crippen LogP contribution in [0.25, 0.3) is 0 Å². The second kappa shape index (κ2) is 5.03. The molecule has 16 heavy (non-hydrogen) atoms. The van der Waals surface area contributed by atoms with Crippen molar-refractivity contribution in [2.45, 2.75) is 51.7 Å². The van der Waals surface area contributed by atoms with E-state index in [1.54, 1.807) is 0 Å². The van der Waals surface area contributed by atoms with Crippen molar-refractivity contribution in [2.75, 3.05) is 13.2 Å². The quantitative estimate of drug-likeness (QED) is 0.605. The minimum absolute atomic E-state index is 0.219. The molecule has 1 aliphatic rings. The molecule has 0 heterocycles. The summed E-state index contributed by atoms with van der Waals surface area (Å²) in [5.41, 5.74) is 1.18. The van der Waals surface area contributed by atoms with E-state index in [0.717, 1.165) is 19.4 Å². The van der Waals surface area contributed by atoms with Crippen LogP contribution in [0.3, 0.4) is 0 Å². The van der Waals surface area contributed by atoms with Gasteiger partial charge in [-0.05, 0) is 42.5 Å². The lowest BCUT2D eigenvalue weighted by Gasteiger charge is -2.37. The summed E-state index contributed by atoms with van der Waals surface area (Å²) in [6.07, 6.45) is 4.26. The second-order valence-electron chi connectivity index (χ2n) is 6.40. The van der Waals surface area contributed by atoms with Gasteiger partial charge in [0.15, 0.2) is 8.32 Å². The molecule has 0 spiro atoms. The molecule has 2 nitrogen and oxygen atoms in total. The molecule has 0 saturated carbocycles. The molecule has 1 atom stereocenters. The molecule has 0 radical (unpaired) electrons. The molecule has 1 N–H and O–H groups in total. The van der Waals surface area contributed by atoms with Gasteiger partial charge in [-0.3, -0.25) is 0 Å². The molecular weight excluding hydrogens is 216 g/mol. The molecule has 0 aromatic heterocycles. The first kappa shape index (κ1) is 13.9. The van der Waals surface area contributed by atoms with Crippen molar-refractivity contribution in [3.05, 3.63) is 11.6 Å². The minimum atomic E-state index is -1.59. The topological polar surface area (TPSA) is 29.5 Å². The Kier molecular flexibility index (Phi) is 4.38. The highest BCUT2D eigenvalue weighted by Crippen LogP contribution is 2.37. The largest absolute Gasteiger partial charge is 0.417 e. The lowest BCUT2D eigenvalue weighted by atomic mass is 10.1. The zero-order valence-corrected chi connectivity index (χ0v) is 12.3. The summed E-state index contributed by atoms with van der Waals surface area (Å²) in [6.45, 7) is 12.5. The van der Waals surface area contributed by atoms with Crippen molar-refractivity contribution >= 4 is 8.32 Å². The zero-order chi connectivity index (χ0) is 12.4. The van der Waals surface area contributed by atoms with Crippen LogP contribution in [-0.2, 0) is 4.43 Å². The highest BCUT2D eigenvalue weighted by atomic mass is 28.4. The van der Waals surface area contributed by atoms with Gasteiger partial charge in [-0.25, -0.2) is 0 Å². The van der Waals surface area contributed by atoms with E-state index in [2.05, 4.69) is 39.9 Å². The number of rotatable bonds is 4. The first-order valence-corrected chi connectivity index (χ1v) is 9.10. The fourth-order valence-electron chi connectivity index (χ4n) is 1.67. The average Bonchev–Trinajstić information content (AvgIpc) is 2.60. The average molecular weight is 242 g/mol. The Labute approximate surface area is 101 Å². The normalized spacial score (nSPS) is 22.4. The molecule has 0 fully saturated rings. The van der Waals surface area contributed by atoms with E-state index in [1.165, 1.54) is 5.57 Å². The van der Waals surface area contributed by atoms with Crippen molar-refractivity contribution in [3.63, 3.8) is 0 Å². The Morgan fingerprint density at radius 1 is 1.44 bits per heavy atom. The Morgan fingerprint density at radius 2 is 2.06 bits per heavy atom. The van der Waals surface area contributed by atoms with Crippen LogP contribution in [0.4, 0.5) is 0 Å². The van der Waals surface area contributed by atoms with Gasteiger partial charge < -0.3 is 9.53 Å². The van der Waals surface area contributed by atoms with Gasteiger partial charge in [0.05, 0.1) is 6.61 Å². The monoisotopic (exact) mass is 242 g/mol. The van der Waals surface area contributed by atoms with Gasteiger partial charge in [-0.1, -0.05) is 26.8 Å². The number of aliphatic hydroxyl groups is 1. The Hall–Kier alpha value is -0.123. The third kappa shape index (κ3) is 3.44. The van der Waals surface area contributed by atoms with Crippen molar-refractivity contribution in [1.82, 2.24) is 0 Å². The highest BCUT2D eigenvalue weighted by molar-refractivity contribution is 6.74. The molecule has 0 amide bonds. The molecular formula is C13H26O2Si. The van der Waals surface area contributed by atoms with Crippen LogP contribution < -0.4 is 0 Å². The minimum Gasteiger partial charge on any atom is -0.417 e. The molecule has 0 aromatic carbocycles. The van der Waals surface area contributed by atoms with Gasteiger partial charge in [-0.2, -0.15) is 0 Å². The van der Waals surface area contributed by atoms with Crippen molar-refractivity contribution in [3.8, 4) is 0 Å². The molecule has 0 bridgehead atoms. The summed E-state index contributed by atoms with van der Waals surface area (Å²) < 4.78 is 6.19. The third-order valence-electron chi connectivity index (χ3n) is 3.98. The van der Waals surface area contributed by atoms with Crippen molar-refractivity contribution in [2.24, 2.45) is 5.92 Å². The highest BCUT2D eigenvalue weighted by Gasteiger charge is 2.37. The number of hydrogen-bond donors (Lipinski definition) is 1. The third-order valence-corrected chi connectivity index (χ3v) is 8.48. The molecule has 0 saturated heterocycles. The summed E-state index contributed by atoms with van der Waals surface area (Å²) >= 11 is 0. The molecule has 1 rings (SSSR count). The summed E-state index contributed by atoms with van der Waals surface area (Å²) in [5.74, 6) is 0.594. The van der Waals surface area contributed by atoms with E-state index in [0.29, 0.717) is 11.0 Å². The second-order valence-corrected chi connectivity index (χ2v) is 11.2. The van der Waals surface area contributed by atoms with E-state index >= 15 is 0 Å². The van der Waals surface area contributed by atoms with Crippen LogP contribution in [0.15, 0.2) is 11.6 Å². The van der Waals surface area contributed by atoms with E-state index in [1.807, 2.05) is 0 Å². The van der Waals surface area contributed by atoms with Crippen LogP contribution in [0.2, 0.25) is 18.1 Å². The summed E-state index contributed by atoms with van der Waals surface area (Å²) in [4.78, 5) is 0. The number of hydrogen-bond acceptors (Lipinski definition) is 2. The smallest absolute Gasteiger partial charge is 0.191 e. The zero-order valence-electron chi connectivity index (χ0n) is 11.3. The van der Waals surface area contributed by atoms with Gasteiger partial charge in [0.1, 0.15) is 0 Å². The Bertz CT molecular complexity index is 264. The van der Waals surface area contributed by atoms with Crippen LogP contribution >= 0.6 is 0 Å².